The Kier molecular flexibility index (Phi) is 2.32. The lowest BCUT2D eigenvalue weighted by Crippen LogP contribution is -2.29. The Morgan fingerprint density at radius 1 is 1.47 bits per heavy atom. The van der Waals surface area contributed by atoms with Crippen molar-refractivity contribution in [1.82, 2.24) is 14.6 Å². The number of nitrogens with zero attached hydrogens (tertiary/aromatic N) is 3. The molecule has 0 atom stereocenters. The third-order valence-electron chi connectivity index (χ3n) is 1.96. The summed E-state index contributed by atoms with van der Waals surface area (Å²) in [6.07, 6.45) is 3.48. The molecule has 0 radical (unpaired) electrons. The Morgan fingerprint density at radius 3 is 3.00 bits per heavy atom. The summed E-state index contributed by atoms with van der Waals surface area (Å²) >= 11 is 0. The minimum atomic E-state index is -0.744. The zero-order chi connectivity index (χ0) is 10.9. The number of hydrogen-bond donors (Lipinski definition) is 2. The quantitative estimate of drug-likeness (QED) is 0.783. The predicted octanol–water partition coefficient (Wildman–Crippen LogP) is 0.912. The maximum Gasteiger partial charge on any atom is 0.153 e. The van der Waals surface area contributed by atoms with Crippen LogP contribution in [-0.4, -0.2) is 31.9 Å². The summed E-state index contributed by atoms with van der Waals surface area (Å²) in [6, 6.07) is 3.72. The van der Waals surface area contributed by atoms with Crippen molar-refractivity contribution in [2.45, 2.75) is 19.4 Å². The molecule has 0 aliphatic carbocycles. The van der Waals surface area contributed by atoms with Gasteiger partial charge < -0.3 is 10.4 Å². The molecule has 5 nitrogen and oxygen atoms in total. The van der Waals surface area contributed by atoms with Crippen LogP contribution in [0.2, 0.25) is 0 Å². The minimum Gasteiger partial charge on any atom is -0.389 e. The maximum absolute atomic E-state index is 9.54. The molecule has 0 unspecified atom stereocenters. The molecule has 2 N–H and O–H groups in total. The van der Waals surface area contributed by atoms with Crippen LogP contribution in [-0.2, 0) is 0 Å². The molecule has 0 aliphatic heterocycles. The first-order chi connectivity index (χ1) is 7.04. The molecule has 0 fully saturated rings. The molecule has 5 heteroatoms. The topological polar surface area (TPSA) is 62.5 Å². The summed E-state index contributed by atoms with van der Waals surface area (Å²) in [5, 5.41) is 16.9. The highest BCUT2D eigenvalue weighted by Crippen LogP contribution is 2.07. The molecule has 15 heavy (non-hydrogen) atoms. The van der Waals surface area contributed by atoms with E-state index in [9.17, 15) is 5.11 Å². The van der Waals surface area contributed by atoms with Gasteiger partial charge in [0.1, 0.15) is 5.82 Å². The summed E-state index contributed by atoms with van der Waals surface area (Å²) in [5.41, 5.74) is 0.0646. The second kappa shape index (κ2) is 3.51. The smallest absolute Gasteiger partial charge is 0.153 e. The van der Waals surface area contributed by atoms with Crippen LogP contribution in [0.4, 0.5) is 5.82 Å². The fraction of sp³-hybridized carbons (Fsp3) is 0.400. The van der Waals surface area contributed by atoms with E-state index in [-0.39, 0.29) is 0 Å². The van der Waals surface area contributed by atoms with Crippen LogP contribution in [0.3, 0.4) is 0 Å². The van der Waals surface area contributed by atoms with Crippen molar-refractivity contribution in [2.75, 3.05) is 11.9 Å². The fourth-order valence-electron chi connectivity index (χ4n) is 1.22. The van der Waals surface area contributed by atoms with Crippen LogP contribution in [0.1, 0.15) is 13.8 Å². The Balaban J connectivity index is 2.15. The molecular formula is C10H14N4O. The van der Waals surface area contributed by atoms with Gasteiger partial charge in [-0.15, -0.1) is 5.10 Å². The molecule has 0 spiro atoms. The van der Waals surface area contributed by atoms with Crippen molar-refractivity contribution in [3.63, 3.8) is 0 Å². The highest BCUT2D eigenvalue weighted by molar-refractivity contribution is 5.43. The van der Waals surface area contributed by atoms with E-state index in [2.05, 4.69) is 15.4 Å². The van der Waals surface area contributed by atoms with Crippen LogP contribution < -0.4 is 5.32 Å². The minimum absolute atomic E-state index is 0.459. The van der Waals surface area contributed by atoms with Gasteiger partial charge in [0.15, 0.2) is 5.65 Å². The number of anilines is 1. The number of imidazole rings is 1. The average molecular weight is 206 g/mol. The summed E-state index contributed by atoms with van der Waals surface area (Å²) < 4.78 is 1.69. The van der Waals surface area contributed by atoms with E-state index < -0.39 is 5.60 Å². The highest BCUT2D eigenvalue weighted by atomic mass is 16.3. The summed E-state index contributed by atoms with van der Waals surface area (Å²) in [7, 11) is 0. The van der Waals surface area contributed by atoms with Gasteiger partial charge in [-0.05, 0) is 26.0 Å². The lowest BCUT2D eigenvalue weighted by molar-refractivity contribution is 0.0944. The molecule has 2 aromatic rings. The van der Waals surface area contributed by atoms with E-state index in [1.807, 2.05) is 12.1 Å². The third kappa shape index (κ3) is 2.44. The van der Waals surface area contributed by atoms with Crippen molar-refractivity contribution >= 4 is 11.5 Å². The van der Waals surface area contributed by atoms with Gasteiger partial charge in [-0.3, -0.25) is 0 Å². The lowest BCUT2D eigenvalue weighted by atomic mass is 10.1. The van der Waals surface area contributed by atoms with Crippen LogP contribution in [0.15, 0.2) is 24.5 Å². The van der Waals surface area contributed by atoms with E-state index in [0.717, 1.165) is 11.5 Å². The molecule has 2 heterocycles. The van der Waals surface area contributed by atoms with Gasteiger partial charge in [-0.2, -0.15) is 0 Å². The van der Waals surface area contributed by atoms with Gasteiger partial charge in [-0.25, -0.2) is 9.50 Å². The molecule has 0 aliphatic rings. The maximum atomic E-state index is 9.54. The number of aliphatic hydroxyl groups is 1. The van der Waals surface area contributed by atoms with Gasteiger partial charge in [-0.1, -0.05) is 0 Å². The standard InChI is InChI=1S/C10H14N4O/c1-10(2,15)7-12-8-3-4-9-11-5-6-14(9)13-8/h3-6,15H,7H2,1-2H3,(H,12,13). The van der Waals surface area contributed by atoms with E-state index in [1.165, 1.54) is 0 Å². The normalized spacial score (nSPS) is 11.9. The van der Waals surface area contributed by atoms with Crippen molar-refractivity contribution in [2.24, 2.45) is 0 Å². The highest BCUT2D eigenvalue weighted by Gasteiger charge is 2.11. The fourth-order valence-corrected chi connectivity index (χ4v) is 1.22. The second-order valence-corrected chi connectivity index (χ2v) is 4.11. The first kappa shape index (κ1) is 9.92. The van der Waals surface area contributed by atoms with Gasteiger partial charge in [0.05, 0.1) is 5.60 Å². The van der Waals surface area contributed by atoms with Gasteiger partial charge in [0.25, 0.3) is 0 Å². The molecule has 0 saturated carbocycles. The molecule has 0 amide bonds. The van der Waals surface area contributed by atoms with Gasteiger partial charge in [0.2, 0.25) is 0 Å². The zero-order valence-electron chi connectivity index (χ0n) is 8.81. The lowest BCUT2D eigenvalue weighted by Gasteiger charge is -2.17. The Labute approximate surface area is 87.8 Å². The second-order valence-electron chi connectivity index (χ2n) is 4.11. The average Bonchev–Trinajstić information content (AvgIpc) is 2.60. The number of rotatable bonds is 3. The largest absolute Gasteiger partial charge is 0.389 e. The third-order valence-corrected chi connectivity index (χ3v) is 1.96. The Morgan fingerprint density at radius 2 is 2.27 bits per heavy atom. The van der Waals surface area contributed by atoms with E-state index >= 15 is 0 Å². The number of nitrogens with one attached hydrogen (secondary N) is 1. The molecule has 0 aromatic carbocycles. The van der Waals surface area contributed by atoms with Crippen LogP contribution >= 0.6 is 0 Å². The molecule has 0 bridgehead atoms. The van der Waals surface area contributed by atoms with E-state index in [4.69, 9.17) is 0 Å². The SMILES string of the molecule is CC(C)(O)CNc1ccc2nccn2n1. The first-order valence-corrected chi connectivity index (χ1v) is 4.81. The summed E-state index contributed by atoms with van der Waals surface area (Å²) in [5.74, 6) is 0.725. The van der Waals surface area contributed by atoms with Crippen LogP contribution in [0, 0.1) is 0 Å². The van der Waals surface area contributed by atoms with Crippen molar-refractivity contribution in [3.8, 4) is 0 Å². The Bertz CT molecular complexity index is 458. The van der Waals surface area contributed by atoms with E-state index in [1.54, 1.807) is 30.8 Å². The van der Waals surface area contributed by atoms with Crippen molar-refractivity contribution in [3.05, 3.63) is 24.5 Å². The molecule has 2 aromatic heterocycles. The van der Waals surface area contributed by atoms with Crippen molar-refractivity contribution < 1.29 is 5.11 Å². The first-order valence-electron chi connectivity index (χ1n) is 4.81. The van der Waals surface area contributed by atoms with Crippen LogP contribution in [0.5, 0.6) is 0 Å². The zero-order valence-corrected chi connectivity index (χ0v) is 8.81. The molecule has 80 valence electrons. The summed E-state index contributed by atoms with van der Waals surface area (Å²) in [4.78, 5) is 4.09. The number of aromatic nitrogens is 3. The molecule has 2 rings (SSSR count). The number of hydrogen-bond acceptors (Lipinski definition) is 4. The van der Waals surface area contributed by atoms with E-state index in [0.29, 0.717) is 6.54 Å². The Hall–Kier alpha value is -1.62. The number of fused-ring (bicyclic) bond motifs is 1. The predicted molar refractivity (Wildman–Crippen MR) is 57.8 cm³/mol. The monoisotopic (exact) mass is 206 g/mol. The van der Waals surface area contributed by atoms with Gasteiger partial charge >= 0.3 is 0 Å². The summed E-state index contributed by atoms with van der Waals surface area (Å²) in [6.45, 7) is 3.95. The van der Waals surface area contributed by atoms with Gasteiger partial charge in [0, 0.05) is 18.9 Å². The van der Waals surface area contributed by atoms with Crippen molar-refractivity contribution in [1.29, 1.82) is 0 Å². The molecule has 0 saturated heterocycles. The van der Waals surface area contributed by atoms with Crippen LogP contribution in [0.25, 0.3) is 5.65 Å². The molecular weight excluding hydrogens is 192 g/mol.